The monoisotopic (exact) mass is 274 g/mol. The number of fused-ring (bicyclic) bond motifs is 1. The lowest BCUT2D eigenvalue weighted by atomic mass is 10.1. The average molecular weight is 274 g/mol. The first-order valence-corrected chi connectivity index (χ1v) is 6.99. The van der Waals surface area contributed by atoms with Crippen molar-refractivity contribution in [3.05, 3.63) is 23.8 Å². The van der Waals surface area contributed by atoms with Crippen LogP contribution in [0.25, 0.3) is 0 Å². The number of benzene rings is 1. The number of nitrogens with zero attached hydrogens (tertiary/aromatic N) is 2. The van der Waals surface area contributed by atoms with E-state index in [0.29, 0.717) is 17.0 Å². The van der Waals surface area contributed by atoms with Gasteiger partial charge in [-0.1, -0.05) is 0 Å². The quantitative estimate of drug-likeness (QED) is 0.782. The van der Waals surface area contributed by atoms with Crippen LogP contribution < -0.4 is 9.64 Å². The molecular weight excluding hydrogens is 256 g/mol. The van der Waals surface area contributed by atoms with Crippen molar-refractivity contribution in [3.8, 4) is 5.75 Å². The maximum absolute atomic E-state index is 12.5. The van der Waals surface area contributed by atoms with E-state index in [0.717, 1.165) is 25.9 Å². The predicted octanol–water partition coefficient (Wildman–Crippen LogP) is 1.67. The van der Waals surface area contributed by atoms with Crippen LogP contribution in [0.4, 0.5) is 5.69 Å². The van der Waals surface area contributed by atoms with Gasteiger partial charge in [0.15, 0.2) is 6.61 Å². The van der Waals surface area contributed by atoms with Crippen LogP contribution >= 0.6 is 0 Å². The predicted molar refractivity (Wildman–Crippen MR) is 75.1 cm³/mol. The smallest absolute Gasteiger partial charge is 0.264 e. The molecular formula is C15H18N2O3. The lowest BCUT2D eigenvalue weighted by molar-refractivity contribution is -0.120. The summed E-state index contributed by atoms with van der Waals surface area (Å²) in [6.45, 7) is 1.70. The number of amides is 2. The average Bonchev–Trinajstić information content (AvgIpc) is 2.51. The van der Waals surface area contributed by atoms with Gasteiger partial charge in [0, 0.05) is 25.7 Å². The van der Waals surface area contributed by atoms with E-state index in [1.807, 2.05) is 4.90 Å². The van der Waals surface area contributed by atoms with Crippen LogP contribution in [0.1, 0.15) is 29.6 Å². The fourth-order valence-corrected chi connectivity index (χ4v) is 2.68. The molecule has 2 amide bonds. The highest BCUT2D eigenvalue weighted by Gasteiger charge is 2.25. The number of carbonyl (C=O) groups excluding carboxylic acids is 2. The van der Waals surface area contributed by atoms with Crippen molar-refractivity contribution in [2.75, 3.05) is 31.6 Å². The minimum atomic E-state index is -0.0972. The summed E-state index contributed by atoms with van der Waals surface area (Å²) in [5.41, 5.74) is 1.29. The molecule has 1 aromatic carbocycles. The summed E-state index contributed by atoms with van der Waals surface area (Å²) in [4.78, 5) is 27.5. The zero-order valence-electron chi connectivity index (χ0n) is 11.6. The molecule has 0 atom stereocenters. The van der Waals surface area contributed by atoms with Gasteiger partial charge >= 0.3 is 0 Å². The number of carbonyl (C=O) groups is 2. The van der Waals surface area contributed by atoms with E-state index in [-0.39, 0.29) is 18.4 Å². The third-order valence-electron chi connectivity index (χ3n) is 3.94. The molecule has 3 rings (SSSR count). The molecule has 20 heavy (non-hydrogen) atoms. The lowest BCUT2D eigenvalue weighted by Gasteiger charge is -2.29. The minimum absolute atomic E-state index is 0.0407. The van der Waals surface area contributed by atoms with Crippen molar-refractivity contribution in [1.29, 1.82) is 0 Å². The van der Waals surface area contributed by atoms with Crippen LogP contribution in [-0.4, -0.2) is 43.5 Å². The lowest BCUT2D eigenvalue weighted by Crippen LogP contribution is -2.37. The minimum Gasteiger partial charge on any atom is -0.482 e. The Labute approximate surface area is 118 Å². The highest BCUT2D eigenvalue weighted by molar-refractivity contribution is 6.01. The summed E-state index contributed by atoms with van der Waals surface area (Å²) in [6, 6.07) is 5.30. The molecule has 0 radical (unpaired) electrons. The third-order valence-corrected chi connectivity index (χ3v) is 3.94. The highest BCUT2D eigenvalue weighted by atomic mass is 16.5. The normalized spacial score (nSPS) is 18.6. The molecule has 2 aliphatic heterocycles. The standard InChI is InChI=1S/C15H18N2O3/c1-16-12-9-11(5-6-13(12)20-10-14(16)18)15(19)17-7-3-2-4-8-17/h5-6,9H,2-4,7-8,10H2,1H3. The van der Waals surface area contributed by atoms with Gasteiger partial charge in [-0.2, -0.15) is 0 Å². The number of hydrogen-bond acceptors (Lipinski definition) is 3. The van der Waals surface area contributed by atoms with E-state index in [2.05, 4.69) is 0 Å². The number of piperidine rings is 1. The fourth-order valence-electron chi connectivity index (χ4n) is 2.68. The van der Waals surface area contributed by atoms with Crippen molar-refractivity contribution in [2.24, 2.45) is 0 Å². The Bertz CT molecular complexity index is 550. The van der Waals surface area contributed by atoms with Crippen LogP contribution in [0, 0.1) is 0 Å². The molecule has 5 nitrogen and oxygen atoms in total. The molecule has 5 heteroatoms. The molecule has 0 N–H and O–H groups in total. The molecule has 106 valence electrons. The van der Waals surface area contributed by atoms with E-state index in [4.69, 9.17) is 4.74 Å². The van der Waals surface area contributed by atoms with Crippen molar-refractivity contribution >= 4 is 17.5 Å². The first-order chi connectivity index (χ1) is 9.66. The fraction of sp³-hybridized carbons (Fsp3) is 0.467. The van der Waals surface area contributed by atoms with Gasteiger partial charge in [0.05, 0.1) is 5.69 Å². The van der Waals surface area contributed by atoms with Gasteiger partial charge in [-0.05, 0) is 37.5 Å². The van der Waals surface area contributed by atoms with Gasteiger partial charge in [-0.25, -0.2) is 0 Å². The Morgan fingerprint density at radius 2 is 1.95 bits per heavy atom. The number of rotatable bonds is 1. The van der Waals surface area contributed by atoms with Crippen molar-refractivity contribution in [1.82, 2.24) is 4.90 Å². The number of ether oxygens (including phenoxy) is 1. The molecule has 1 saturated heterocycles. The maximum Gasteiger partial charge on any atom is 0.264 e. The van der Waals surface area contributed by atoms with Crippen molar-refractivity contribution in [2.45, 2.75) is 19.3 Å². The largest absolute Gasteiger partial charge is 0.482 e. The first-order valence-electron chi connectivity index (χ1n) is 6.99. The zero-order valence-corrected chi connectivity index (χ0v) is 11.6. The SMILES string of the molecule is CN1C(=O)COc2ccc(C(=O)N3CCCCC3)cc21. The van der Waals surface area contributed by atoms with Gasteiger partial charge in [0.1, 0.15) is 5.75 Å². The van der Waals surface area contributed by atoms with Gasteiger partial charge in [0.2, 0.25) is 0 Å². The Morgan fingerprint density at radius 3 is 2.70 bits per heavy atom. The van der Waals surface area contributed by atoms with Crippen LogP contribution in [-0.2, 0) is 4.79 Å². The summed E-state index contributed by atoms with van der Waals surface area (Å²) < 4.78 is 5.37. The van der Waals surface area contributed by atoms with Gasteiger partial charge in [-0.15, -0.1) is 0 Å². The summed E-state index contributed by atoms with van der Waals surface area (Å²) >= 11 is 0. The first kappa shape index (κ1) is 13.0. The molecule has 0 saturated carbocycles. The molecule has 0 bridgehead atoms. The molecule has 0 aliphatic carbocycles. The van der Waals surface area contributed by atoms with E-state index in [1.54, 1.807) is 30.1 Å². The molecule has 0 unspecified atom stereocenters. The number of hydrogen-bond donors (Lipinski definition) is 0. The Kier molecular flexibility index (Phi) is 3.34. The van der Waals surface area contributed by atoms with Crippen LogP contribution in [0.15, 0.2) is 18.2 Å². The summed E-state index contributed by atoms with van der Waals surface area (Å²) in [6.07, 6.45) is 3.33. The van der Waals surface area contributed by atoms with Crippen LogP contribution in [0.3, 0.4) is 0 Å². The molecule has 0 spiro atoms. The van der Waals surface area contributed by atoms with Crippen LogP contribution in [0.2, 0.25) is 0 Å². The molecule has 2 aliphatic rings. The second-order valence-electron chi connectivity index (χ2n) is 5.28. The maximum atomic E-state index is 12.5. The molecule has 1 aromatic rings. The third kappa shape index (κ3) is 2.24. The van der Waals surface area contributed by atoms with Gasteiger partial charge in [0.25, 0.3) is 11.8 Å². The number of likely N-dealkylation sites (N-methyl/N-ethyl adjacent to an activating group) is 1. The van der Waals surface area contributed by atoms with E-state index in [9.17, 15) is 9.59 Å². The highest BCUT2D eigenvalue weighted by Crippen LogP contribution is 2.32. The van der Waals surface area contributed by atoms with E-state index in [1.165, 1.54) is 6.42 Å². The van der Waals surface area contributed by atoms with Crippen LogP contribution in [0.5, 0.6) is 5.75 Å². The second kappa shape index (κ2) is 5.15. The van der Waals surface area contributed by atoms with E-state index < -0.39 is 0 Å². The molecule has 1 fully saturated rings. The topological polar surface area (TPSA) is 49.9 Å². The summed E-state index contributed by atoms with van der Waals surface area (Å²) in [7, 11) is 1.71. The Balaban J connectivity index is 1.87. The van der Waals surface area contributed by atoms with Gasteiger partial charge in [-0.3, -0.25) is 9.59 Å². The second-order valence-corrected chi connectivity index (χ2v) is 5.28. The Morgan fingerprint density at radius 1 is 1.20 bits per heavy atom. The summed E-state index contributed by atoms with van der Waals surface area (Å²) in [5.74, 6) is 0.598. The van der Waals surface area contributed by atoms with Crippen molar-refractivity contribution < 1.29 is 14.3 Å². The summed E-state index contributed by atoms with van der Waals surface area (Å²) in [5, 5.41) is 0. The zero-order chi connectivity index (χ0) is 14.1. The van der Waals surface area contributed by atoms with Crippen molar-refractivity contribution in [3.63, 3.8) is 0 Å². The molecule has 0 aromatic heterocycles. The van der Waals surface area contributed by atoms with E-state index >= 15 is 0 Å². The number of anilines is 1. The van der Waals surface area contributed by atoms with Gasteiger partial charge < -0.3 is 14.5 Å². The molecule has 2 heterocycles. The number of likely N-dealkylation sites (tertiary alicyclic amines) is 1. The Hall–Kier alpha value is -2.04.